The smallest absolute Gasteiger partial charge is 0.356 e. The van der Waals surface area contributed by atoms with Gasteiger partial charge in [0.25, 0.3) is 0 Å². The first-order valence-electron chi connectivity index (χ1n) is 8.11. The molecule has 0 spiro atoms. The van der Waals surface area contributed by atoms with Crippen LogP contribution in [0.1, 0.15) is 16.1 Å². The molecule has 0 atom stereocenters. The van der Waals surface area contributed by atoms with Gasteiger partial charge in [0.1, 0.15) is 18.1 Å². The molecule has 3 rings (SSSR count). The lowest BCUT2D eigenvalue weighted by Gasteiger charge is -2.10. The van der Waals surface area contributed by atoms with Gasteiger partial charge in [0.05, 0.1) is 19.9 Å². The Bertz CT molecular complexity index is 894. The monoisotopic (exact) mass is 349 g/mol. The van der Waals surface area contributed by atoms with E-state index in [9.17, 15) is 4.79 Å². The lowest BCUT2D eigenvalue weighted by atomic mass is 10.1. The number of hydrogen-bond donors (Lipinski definition) is 0. The fourth-order valence-electron chi connectivity index (χ4n) is 2.47. The Labute approximate surface area is 152 Å². The zero-order valence-electron chi connectivity index (χ0n) is 14.6. The quantitative estimate of drug-likeness (QED) is 0.627. The first-order chi connectivity index (χ1) is 12.7. The fraction of sp³-hybridized carbons (Fsp3) is 0.143. The van der Waals surface area contributed by atoms with Gasteiger partial charge in [-0.2, -0.15) is 0 Å². The van der Waals surface area contributed by atoms with Crippen LogP contribution in [0.25, 0.3) is 11.3 Å². The molecule has 0 unspecified atom stereocenters. The van der Waals surface area contributed by atoms with Gasteiger partial charge in [0, 0.05) is 17.7 Å². The van der Waals surface area contributed by atoms with E-state index in [-0.39, 0.29) is 5.69 Å². The molecule has 26 heavy (non-hydrogen) atoms. The summed E-state index contributed by atoms with van der Waals surface area (Å²) in [5, 5.41) is 0. The number of nitrogens with zero attached hydrogens (tertiary/aromatic N) is 1. The SMILES string of the molecule is COC(=O)c1cc(OC)cc(-c2cccc(OCc3ccccc3)c2)n1. The maximum Gasteiger partial charge on any atom is 0.356 e. The lowest BCUT2D eigenvalue weighted by molar-refractivity contribution is 0.0593. The molecule has 2 aromatic carbocycles. The lowest BCUT2D eigenvalue weighted by Crippen LogP contribution is -2.05. The standard InChI is InChI=1S/C21H19NO4/c1-24-18-12-19(22-20(13-18)21(23)25-2)16-9-6-10-17(11-16)26-14-15-7-4-3-5-8-15/h3-13H,14H2,1-2H3. The van der Waals surface area contributed by atoms with E-state index in [1.165, 1.54) is 7.11 Å². The minimum Gasteiger partial charge on any atom is -0.497 e. The van der Waals surface area contributed by atoms with Gasteiger partial charge in [-0.3, -0.25) is 0 Å². The van der Waals surface area contributed by atoms with Crippen LogP contribution in [-0.4, -0.2) is 25.2 Å². The van der Waals surface area contributed by atoms with Crippen LogP contribution in [0.5, 0.6) is 11.5 Å². The van der Waals surface area contributed by atoms with Gasteiger partial charge in [-0.15, -0.1) is 0 Å². The van der Waals surface area contributed by atoms with E-state index in [0.29, 0.717) is 18.1 Å². The fourth-order valence-corrected chi connectivity index (χ4v) is 2.47. The number of ether oxygens (including phenoxy) is 3. The van der Waals surface area contributed by atoms with Crippen LogP contribution in [0, 0.1) is 0 Å². The third kappa shape index (κ3) is 4.19. The summed E-state index contributed by atoms with van der Waals surface area (Å²) in [6.45, 7) is 0.475. The minimum atomic E-state index is -0.512. The molecule has 0 aliphatic rings. The van der Waals surface area contributed by atoms with Crippen molar-refractivity contribution in [2.45, 2.75) is 6.61 Å². The highest BCUT2D eigenvalue weighted by molar-refractivity contribution is 5.88. The first-order valence-corrected chi connectivity index (χ1v) is 8.11. The predicted octanol–water partition coefficient (Wildman–Crippen LogP) is 4.12. The highest BCUT2D eigenvalue weighted by Crippen LogP contribution is 2.27. The van der Waals surface area contributed by atoms with Crippen LogP contribution >= 0.6 is 0 Å². The van der Waals surface area contributed by atoms with Crippen LogP contribution in [0.3, 0.4) is 0 Å². The van der Waals surface area contributed by atoms with E-state index in [1.807, 2.05) is 54.6 Å². The highest BCUT2D eigenvalue weighted by Gasteiger charge is 2.13. The minimum absolute atomic E-state index is 0.192. The van der Waals surface area contributed by atoms with Gasteiger partial charge in [0.15, 0.2) is 5.69 Å². The Balaban J connectivity index is 1.86. The molecule has 0 aliphatic carbocycles. The van der Waals surface area contributed by atoms with E-state index < -0.39 is 5.97 Å². The van der Waals surface area contributed by atoms with Crippen molar-refractivity contribution >= 4 is 5.97 Å². The van der Waals surface area contributed by atoms with E-state index >= 15 is 0 Å². The third-order valence-electron chi connectivity index (χ3n) is 3.81. The van der Waals surface area contributed by atoms with Crippen molar-refractivity contribution < 1.29 is 19.0 Å². The van der Waals surface area contributed by atoms with Crippen molar-refractivity contribution in [1.29, 1.82) is 0 Å². The summed E-state index contributed by atoms with van der Waals surface area (Å²) in [7, 11) is 2.86. The van der Waals surface area contributed by atoms with Gasteiger partial charge in [-0.25, -0.2) is 9.78 Å². The van der Waals surface area contributed by atoms with Gasteiger partial charge in [-0.1, -0.05) is 42.5 Å². The number of hydrogen-bond acceptors (Lipinski definition) is 5. The number of carbonyl (C=O) groups excluding carboxylic acids is 1. The molecule has 0 saturated carbocycles. The maximum atomic E-state index is 11.8. The summed E-state index contributed by atoms with van der Waals surface area (Å²) < 4.78 is 15.9. The molecular weight excluding hydrogens is 330 g/mol. The zero-order chi connectivity index (χ0) is 18.4. The molecule has 5 heteroatoms. The average Bonchev–Trinajstić information content (AvgIpc) is 2.72. The number of pyridine rings is 1. The van der Waals surface area contributed by atoms with Gasteiger partial charge >= 0.3 is 5.97 Å². The molecule has 0 aliphatic heterocycles. The summed E-state index contributed by atoms with van der Waals surface area (Å²) in [6.07, 6.45) is 0. The molecule has 0 fully saturated rings. The molecule has 0 amide bonds. The Morgan fingerprint density at radius 1 is 0.923 bits per heavy atom. The summed E-state index contributed by atoms with van der Waals surface area (Å²) in [6, 6.07) is 20.8. The van der Waals surface area contributed by atoms with Gasteiger partial charge < -0.3 is 14.2 Å². The van der Waals surface area contributed by atoms with Crippen LogP contribution in [0.15, 0.2) is 66.7 Å². The Kier molecular flexibility index (Phi) is 5.49. The van der Waals surface area contributed by atoms with Crippen LogP contribution in [0.4, 0.5) is 0 Å². The molecule has 1 aromatic heterocycles. The molecule has 5 nitrogen and oxygen atoms in total. The van der Waals surface area contributed by atoms with Crippen LogP contribution in [-0.2, 0) is 11.3 Å². The van der Waals surface area contributed by atoms with Crippen molar-refractivity contribution in [3.8, 4) is 22.8 Å². The molecule has 0 bridgehead atoms. The second-order valence-corrected chi connectivity index (χ2v) is 5.57. The Morgan fingerprint density at radius 2 is 1.73 bits per heavy atom. The van der Waals surface area contributed by atoms with Crippen LogP contribution in [0.2, 0.25) is 0 Å². The van der Waals surface area contributed by atoms with E-state index in [2.05, 4.69) is 4.98 Å². The number of esters is 1. The van der Waals surface area contributed by atoms with E-state index in [4.69, 9.17) is 14.2 Å². The van der Waals surface area contributed by atoms with Crippen molar-refractivity contribution in [2.24, 2.45) is 0 Å². The number of benzene rings is 2. The second-order valence-electron chi connectivity index (χ2n) is 5.57. The summed E-state index contributed by atoms with van der Waals surface area (Å²) in [5.41, 5.74) is 2.71. The van der Waals surface area contributed by atoms with Crippen molar-refractivity contribution in [3.05, 3.63) is 78.0 Å². The van der Waals surface area contributed by atoms with Crippen LogP contribution < -0.4 is 9.47 Å². The molecule has 1 heterocycles. The Hall–Kier alpha value is -3.34. The maximum absolute atomic E-state index is 11.8. The van der Waals surface area contributed by atoms with Crippen molar-refractivity contribution in [1.82, 2.24) is 4.98 Å². The van der Waals surface area contributed by atoms with Crippen molar-refractivity contribution in [2.75, 3.05) is 14.2 Å². The topological polar surface area (TPSA) is 57.7 Å². The summed E-state index contributed by atoms with van der Waals surface area (Å²) in [5.74, 6) is 0.739. The number of carbonyl (C=O) groups is 1. The molecular formula is C21H19NO4. The third-order valence-corrected chi connectivity index (χ3v) is 3.81. The summed E-state index contributed by atoms with van der Waals surface area (Å²) in [4.78, 5) is 16.2. The van der Waals surface area contributed by atoms with E-state index in [0.717, 1.165) is 16.9 Å². The van der Waals surface area contributed by atoms with Gasteiger partial charge in [0.2, 0.25) is 0 Å². The molecule has 132 valence electrons. The number of aromatic nitrogens is 1. The first kappa shape index (κ1) is 17.5. The molecule has 0 N–H and O–H groups in total. The Morgan fingerprint density at radius 3 is 2.46 bits per heavy atom. The van der Waals surface area contributed by atoms with E-state index in [1.54, 1.807) is 19.2 Å². The van der Waals surface area contributed by atoms with Crippen molar-refractivity contribution in [3.63, 3.8) is 0 Å². The summed E-state index contributed by atoms with van der Waals surface area (Å²) >= 11 is 0. The zero-order valence-corrected chi connectivity index (χ0v) is 14.6. The molecule has 0 saturated heterocycles. The normalized spacial score (nSPS) is 10.2. The predicted molar refractivity (Wildman–Crippen MR) is 98.3 cm³/mol. The number of rotatable bonds is 6. The largest absolute Gasteiger partial charge is 0.497 e. The molecule has 0 radical (unpaired) electrons. The average molecular weight is 349 g/mol. The molecule has 3 aromatic rings. The number of methoxy groups -OCH3 is 2. The second kappa shape index (κ2) is 8.16. The highest BCUT2D eigenvalue weighted by atomic mass is 16.5. The van der Waals surface area contributed by atoms with Gasteiger partial charge in [-0.05, 0) is 17.7 Å².